The SMILES string of the molecule is O=C(NC(=S)Nc1ccc(OCCC2CCCCC2)cc1)C(c1ccccc1)c1ccccc1. The highest BCUT2D eigenvalue weighted by molar-refractivity contribution is 7.80. The molecule has 176 valence electrons. The minimum atomic E-state index is -0.443. The van der Waals surface area contributed by atoms with E-state index in [2.05, 4.69) is 10.6 Å². The molecule has 0 radical (unpaired) electrons. The van der Waals surface area contributed by atoms with Crippen LogP contribution in [0.4, 0.5) is 5.69 Å². The molecule has 0 bridgehead atoms. The van der Waals surface area contributed by atoms with Crippen molar-refractivity contribution in [3.05, 3.63) is 96.1 Å². The number of nitrogens with one attached hydrogen (secondary N) is 2. The van der Waals surface area contributed by atoms with Gasteiger partial charge in [-0.2, -0.15) is 0 Å². The van der Waals surface area contributed by atoms with Crippen LogP contribution in [0.3, 0.4) is 0 Å². The molecular formula is C29H32N2O2S. The standard InChI is InChI=1S/C29H32N2O2S/c32-28(27(23-12-6-2-7-13-23)24-14-8-3-9-15-24)31-29(34)30-25-16-18-26(19-17-25)33-21-20-22-10-4-1-5-11-22/h2-3,6-9,12-19,22,27H,1,4-5,10-11,20-21H2,(H2,30,31,32,34). The summed E-state index contributed by atoms with van der Waals surface area (Å²) in [5, 5.41) is 6.24. The quantitative estimate of drug-likeness (QED) is 0.359. The number of hydrogen-bond acceptors (Lipinski definition) is 3. The largest absolute Gasteiger partial charge is 0.494 e. The van der Waals surface area contributed by atoms with E-state index in [0.717, 1.165) is 41.5 Å². The van der Waals surface area contributed by atoms with Crippen molar-refractivity contribution in [2.75, 3.05) is 11.9 Å². The molecule has 0 aliphatic heterocycles. The highest BCUT2D eigenvalue weighted by atomic mass is 32.1. The number of anilines is 1. The van der Waals surface area contributed by atoms with Gasteiger partial charge in [-0.15, -0.1) is 0 Å². The van der Waals surface area contributed by atoms with E-state index in [1.54, 1.807) is 0 Å². The van der Waals surface area contributed by atoms with Gasteiger partial charge in [0.05, 0.1) is 12.5 Å². The summed E-state index contributed by atoms with van der Waals surface area (Å²) >= 11 is 5.43. The summed E-state index contributed by atoms with van der Waals surface area (Å²) in [6.45, 7) is 0.756. The maximum atomic E-state index is 13.2. The lowest BCUT2D eigenvalue weighted by Crippen LogP contribution is -2.37. The van der Waals surface area contributed by atoms with Gasteiger partial charge in [0.15, 0.2) is 5.11 Å². The van der Waals surface area contributed by atoms with Gasteiger partial charge < -0.3 is 15.4 Å². The predicted octanol–water partition coefficient (Wildman–Crippen LogP) is 6.68. The monoisotopic (exact) mass is 472 g/mol. The van der Waals surface area contributed by atoms with Gasteiger partial charge in [0, 0.05) is 5.69 Å². The van der Waals surface area contributed by atoms with Crippen LogP contribution in [0, 0.1) is 5.92 Å². The summed E-state index contributed by atoms with van der Waals surface area (Å²) in [4.78, 5) is 13.2. The molecule has 1 amide bonds. The van der Waals surface area contributed by atoms with Crippen molar-refractivity contribution in [2.24, 2.45) is 5.92 Å². The van der Waals surface area contributed by atoms with Crippen LogP contribution >= 0.6 is 12.2 Å². The van der Waals surface area contributed by atoms with Gasteiger partial charge >= 0.3 is 0 Å². The van der Waals surface area contributed by atoms with Crippen molar-refractivity contribution in [1.29, 1.82) is 0 Å². The molecule has 4 nitrogen and oxygen atoms in total. The van der Waals surface area contributed by atoms with Gasteiger partial charge in [-0.25, -0.2) is 0 Å². The highest BCUT2D eigenvalue weighted by Gasteiger charge is 2.23. The first-order valence-corrected chi connectivity index (χ1v) is 12.5. The number of ether oxygens (including phenoxy) is 1. The molecule has 34 heavy (non-hydrogen) atoms. The molecule has 0 aromatic heterocycles. The Labute approximate surface area is 207 Å². The number of carbonyl (C=O) groups is 1. The molecule has 4 rings (SSSR count). The first kappa shape index (κ1) is 24.0. The van der Waals surface area contributed by atoms with Crippen LogP contribution in [-0.2, 0) is 4.79 Å². The molecule has 1 aliphatic carbocycles. The normalized spacial score (nSPS) is 13.9. The fourth-order valence-electron chi connectivity index (χ4n) is 4.59. The number of carbonyl (C=O) groups excluding carboxylic acids is 1. The van der Waals surface area contributed by atoms with Crippen molar-refractivity contribution in [3.8, 4) is 5.75 Å². The fraction of sp³-hybridized carbons (Fsp3) is 0.310. The van der Waals surface area contributed by atoms with E-state index in [4.69, 9.17) is 17.0 Å². The molecular weight excluding hydrogens is 440 g/mol. The second kappa shape index (κ2) is 12.3. The van der Waals surface area contributed by atoms with Gasteiger partial charge in [-0.3, -0.25) is 4.79 Å². The molecule has 3 aromatic carbocycles. The topological polar surface area (TPSA) is 50.4 Å². The third-order valence-corrected chi connectivity index (χ3v) is 6.60. The summed E-state index contributed by atoms with van der Waals surface area (Å²) in [5.74, 6) is 1.05. The minimum Gasteiger partial charge on any atom is -0.494 e. The zero-order valence-electron chi connectivity index (χ0n) is 19.4. The Bertz CT molecular complexity index is 1010. The van der Waals surface area contributed by atoms with Crippen molar-refractivity contribution >= 4 is 28.9 Å². The third-order valence-electron chi connectivity index (χ3n) is 6.40. The van der Waals surface area contributed by atoms with Crippen molar-refractivity contribution < 1.29 is 9.53 Å². The van der Waals surface area contributed by atoms with E-state index in [0.29, 0.717) is 0 Å². The van der Waals surface area contributed by atoms with Crippen molar-refractivity contribution in [1.82, 2.24) is 5.32 Å². The third kappa shape index (κ3) is 6.91. The predicted molar refractivity (Wildman–Crippen MR) is 142 cm³/mol. The molecule has 1 saturated carbocycles. The Balaban J connectivity index is 1.31. The second-order valence-corrected chi connectivity index (χ2v) is 9.27. The molecule has 2 N–H and O–H groups in total. The lowest BCUT2D eigenvalue weighted by Gasteiger charge is -2.21. The Morgan fingerprint density at radius 2 is 1.44 bits per heavy atom. The van der Waals surface area contributed by atoms with Crippen LogP contribution in [0.15, 0.2) is 84.9 Å². The Morgan fingerprint density at radius 1 is 0.853 bits per heavy atom. The van der Waals surface area contributed by atoms with E-state index in [1.165, 1.54) is 32.1 Å². The summed E-state index contributed by atoms with van der Waals surface area (Å²) in [6.07, 6.45) is 7.90. The maximum Gasteiger partial charge on any atom is 0.238 e. The van der Waals surface area contributed by atoms with Gasteiger partial charge in [0.25, 0.3) is 0 Å². The molecule has 0 saturated heterocycles. The van der Waals surface area contributed by atoms with E-state index in [9.17, 15) is 4.79 Å². The average molecular weight is 473 g/mol. The summed E-state index contributed by atoms with van der Waals surface area (Å²) in [7, 11) is 0. The van der Waals surface area contributed by atoms with E-state index >= 15 is 0 Å². The van der Waals surface area contributed by atoms with Gasteiger partial charge in [-0.1, -0.05) is 92.8 Å². The minimum absolute atomic E-state index is 0.169. The van der Waals surface area contributed by atoms with Crippen molar-refractivity contribution in [3.63, 3.8) is 0 Å². The highest BCUT2D eigenvalue weighted by Crippen LogP contribution is 2.27. The van der Waals surface area contributed by atoms with E-state index < -0.39 is 5.92 Å². The van der Waals surface area contributed by atoms with Crippen LogP contribution in [0.1, 0.15) is 55.6 Å². The number of amides is 1. The van der Waals surface area contributed by atoms with E-state index in [1.807, 2.05) is 84.9 Å². The second-order valence-electron chi connectivity index (χ2n) is 8.86. The zero-order chi connectivity index (χ0) is 23.6. The lowest BCUT2D eigenvalue weighted by atomic mass is 9.87. The van der Waals surface area contributed by atoms with Crippen molar-refractivity contribution in [2.45, 2.75) is 44.4 Å². The van der Waals surface area contributed by atoms with Crippen LogP contribution in [0.5, 0.6) is 5.75 Å². The zero-order valence-corrected chi connectivity index (χ0v) is 20.2. The molecule has 0 heterocycles. The Morgan fingerprint density at radius 3 is 2.03 bits per heavy atom. The maximum absolute atomic E-state index is 13.2. The van der Waals surface area contributed by atoms with Crippen LogP contribution in [0.25, 0.3) is 0 Å². The molecule has 0 spiro atoms. The summed E-state index contributed by atoms with van der Waals surface area (Å²) < 4.78 is 5.93. The lowest BCUT2D eigenvalue weighted by molar-refractivity contribution is -0.120. The van der Waals surface area contributed by atoms with Gasteiger partial charge in [0.1, 0.15) is 5.75 Å². The van der Waals surface area contributed by atoms with Gasteiger partial charge in [0.2, 0.25) is 5.91 Å². The smallest absolute Gasteiger partial charge is 0.238 e. The van der Waals surface area contributed by atoms with Crippen LogP contribution in [-0.4, -0.2) is 17.6 Å². The number of benzene rings is 3. The number of hydrogen-bond donors (Lipinski definition) is 2. The van der Waals surface area contributed by atoms with Crippen LogP contribution < -0.4 is 15.4 Å². The Kier molecular flexibility index (Phi) is 8.69. The number of rotatable bonds is 8. The molecule has 1 aliphatic rings. The molecule has 5 heteroatoms. The first-order valence-electron chi connectivity index (χ1n) is 12.1. The average Bonchev–Trinajstić information content (AvgIpc) is 2.87. The van der Waals surface area contributed by atoms with Crippen LogP contribution in [0.2, 0.25) is 0 Å². The molecule has 3 aromatic rings. The first-order chi connectivity index (χ1) is 16.7. The van der Waals surface area contributed by atoms with Gasteiger partial charge in [-0.05, 0) is 59.9 Å². The Hall–Kier alpha value is -3.18. The van der Waals surface area contributed by atoms with E-state index in [-0.39, 0.29) is 11.0 Å². The molecule has 0 atom stereocenters. The summed E-state index contributed by atoms with van der Waals surface area (Å²) in [5.41, 5.74) is 2.65. The summed E-state index contributed by atoms with van der Waals surface area (Å²) in [6, 6.07) is 27.2. The fourth-order valence-corrected chi connectivity index (χ4v) is 4.80. The number of thiocarbonyl (C=S) groups is 1. The molecule has 0 unspecified atom stereocenters. The molecule has 1 fully saturated rings.